The second-order valence-corrected chi connectivity index (χ2v) is 3.93. The van der Waals surface area contributed by atoms with E-state index in [1.165, 1.54) is 30.8 Å². The van der Waals surface area contributed by atoms with Crippen molar-refractivity contribution in [2.75, 3.05) is 5.73 Å². The summed E-state index contributed by atoms with van der Waals surface area (Å²) in [4.78, 5) is 1.06. The molecule has 3 N–H and O–H groups in total. The standard InChI is InChI=1S/C7H12N4S/c8-7-6(12-11-10-7)4-9-5-2-1-3-5/h5,9H,1-4,8H2. The lowest BCUT2D eigenvalue weighted by atomic mass is 9.93. The van der Waals surface area contributed by atoms with Crippen molar-refractivity contribution in [3.05, 3.63) is 4.88 Å². The first-order chi connectivity index (χ1) is 5.86. The van der Waals surface area contributed by atoms with Gasteiger partial charge in [-0.1, -0.05) is 10.9 Å². The topological polar surface area (TPSA) is 63.8 Å². The van der Waals surface area contributed by atoms with Crippen molar-refractivity contribution in [2.24, 2.45) is 0 Å². The Morgan fingerprint density at radius 3 is 2.92 bits per heavy atom. The Labute approximate surface area is 75.3 Å². The van der Waals surface area contributed by atoms with Crippen molar-refractivity contribution in [3.8, 4) is 0 Å². The number of nitrogens with one attached hydrogen (secondary N) is 1. The van der Waals surface area contributed by atoms with Gasteiger partial charge in [0, 0.05) is 12.6 Å². The highest BCUT2D eigenvalue weighted by Crippen LogP contribution is 2.19. The molecule has 12 heavy (non-hydrogen) atoms. The van der Waals surface area contributed by atoms with Crippen LogP contribution >= 0.6 is 11.5 Å². The van der Waals surface area contributed by atoms with Crippen LogP contribution in [0.2, 0.25) is 0 Å². The third-order valence-electron chi connectivity index (χ3n) is 2.24. The number of hydrogen-bond acceptors (Lipinski definition) is 5. The Kier molecular flexibility index (Phi) is 2.23. The van der Waals surface area contributed by atoms with Gasteiger partial charge in [0.15, 0.2) is 5.82 Å². The molecule has 0 spiro atoms. The first kappa shape index (κ1) is 7.94. The van der Waals surface area contributed by atoms with Gasteiger partial charge in [0.05, 0.1) is 4.88 Å². The highest BCUT2D eigenvalue weighted by Gasteiger charge is 2.17. The molecule has 0 radical (unpaired) electrons. The Morgan fingerprint density at radius 1 is 1.58 bits per heavy atom. The lowest BCUT2D eigenvalue weighted by Gasteiger charge is -2.26. The normalized spacial score (nSPS) is 17.7. The molecule has 0 aromatic carbocycles. The number of aromatic nitrogens is 2. The maximum absolute atomic E-state index is 5.58. The number of anilines is 1. The van der Waals surface area contributed by atoms with E-state index in [0.29, 0.717) is 11.9 Å². The predicted octanol–water partition coefficient (Wildman–Crippen LogP) is 0.762. The zero-order valence-electron chi connectivity index (χ0n) is 6.79. The van der Waals surface area contributed by atoms with E-state index >= 15 is 0 Å². The van der Waals surface area contributed by atoms with Crippen LogP contribution in [0.3, 0.4) is 0 Å². The average Bonchev–Trinajstić information content (AvgIpc) is 2.33. The van der Waals surface area contributed by atoms with Gasteiger partial charge in [-0.05, 0) is 24.4 Å². The van der Waals surface area contributed by atoms with Crippen LogP contribution in [0.25, 0.3) is 0 Å². The zero-order chi connectivity index (χ0) is 8.39. The van der Waals surface area contributed by atoms with Crippen LogP contribution in [0.1, 0.15) is 24.1 Å². The molecular formula is C7H12N4S. The van der Waals surface area contributed by atoms with Gasteiger partial charge in [0.2, 0.25) is 0 Å². The van der Waals surface area contributed by atoms with E-state index in [-0.39, 0.29) is 0 Å². The maximum atomic E-state index is 5.58. The monoisotopic (exact) mass is 184 g/mol. The Balaban J connectivity index is 1.82. The minimum absolute atomic E-state index is 0.576. The van der Waals surface area contributed by atoms with Gasteiger partial charge in [0.25, 0.3) is 0 Å². The molecule has 4 nitrogen and oxygen atoms in total. The van der Waals surface area contributed by atoms with Crippen LogP contribution in [0.5, 0.6) is 0 Å². The summed E-state index contributed by atoms with van der Waals surface area (Å²) in [5, 5.41) is 7.16. The molecule has 1 heterocycles. The van der Waals surface area contributed by atoms with Gasteiger partial charge in [-0.2, -0.15) is 0 Å². The minimum Gasteiger partial charge on any atom is -0.381 e. The second kappa shape index (κ2) is 3.37. The highest BCUT2D eigenvalue weighted by atomic mass is 32.1. The molecular weight excluding hydrogens is 172 g/mol. The molecule has 0 saturated heterocycles. The van der Waals surface area contributed by atoms with Crippen LogP contribution in [-0.4, -0.2) is 15.6 Å². The zero-order valence-corrected chi connectivity index (χ0v) is 7.60. The fourth-order valence-electron chi connectivity index (χ4n) is 1.19. The van der Waals surface area contributed by atoms with Crippen molar-refractivity contribution in [3.63, 3.8) is 0 Å². The van der Waals surface area contributed by atoms with Gasteiger partial charge in [-0.3, -0.25) is 0 Å². The molecule has 1 fully saturated rings. The third kappa shape index (κ3) is 1.56. The number of nitrogens with two attached hydrogens (primary N) is 1. The van der Waals surface area contributed by atoms with E-state index in [4.69, 9.17) is 5.73 Å². The maximum Gasteiger partial charge on any atom is 0.163 e. The Bertz CT molecular complexity index is 256. The van der Waals surface area contributed by atoms with Gasteiger partial charge < -0.3 is 11.1 Å². The van der Waals surface area contributed by atoms with Crippen LogP contribution in [0.4, 0.5) is 5.82 Å². The summed E-state index contributed by atoms with van der Waals surface area (Å²) in [6, 6.07) is 0.700. The van der Waals surface area contributed by atoms with Gasteiger partial charge in [0.1, 0.15) is 0 Å². The van der Waals surface area contributed by atoms with E-state index in [0.717, 1.165) is 11.4 Å². The Morgan fingerprint density at radius 2 is 2.42 bits per heavy atom. The van der Waals surface area contributed by atoms with Crippen molar-refractivity contribution in [2.45, 2.75) is 31.8 Å². The number of nitrogens with zero attached hydrogens (tertiary/aromatic N) is 2. The van der Waals surface area contributed by atoms with E-state index in [9.17, 15) is 0 Å². The smallest absolute Gasteiger partial charge is 0.163 e. The third-order valence-corrected chi connectivity index (χ3v) is 2.98. The number of nitrogen functional groups attached to an aromatic ring is 1. The van der Waals surface area contributed by atoms with Gasteiger partial charge >= 0.3 is 0 Å². The van der Waals surface area contributed by atoms with Crippen LogP contribution in [0.15, 0.2) is 0 Å². The molecule has 0 atom stereocenters. The molecule has 1 saturated carbocycles. The van der Waals surface area contributed by atoms with Gasteiger partial charge in [-0.15, -0.1) is 5.10 Å². The summed E-state index contributed by atoms with van der Waals surface area (Å²) in [6.45, 7) is 0.828. The van der Waals surface area contributed by atoms with Crippen molar-refractivity contribution >= 4 is 17.4 Å². The summed E-state index contributed by atoms with van der Waals surface area (Å²) in [6.07, 6.45) is 3.95. The molecule has 1 aromatic heterocycles. The molecule has 0 unspecified atom stereocenters. The van der Waals surface area contributed by atoms with E-state index in [1.807, 2.05) is 0 Å². The molecule has 0 aliphatic heterocycles. The van der Waals surface area contributed by atoms with E-state index in [1.54, 1.807) is 0 Å². The first-order valence-corrected chi connectivity index (χ1v) is 4.93. The number of hydrogen-bond donors (Lipinski definition) is 2. The molecule has 5 heteroatoms. The minimum atomic E-state index is 0.576. The summed E-state index contributed by atoms with van der Waals surface area (Å²) < 4.78 is 3.77. The highest BCUT2D eigenvalue weighted by molar-refractivity contribution is 7.06. The second-order valence-electron chi connectivity index (χ2n) is 3.09. The van der Waals surface area contributed by atoms with Crippen LogP contribution in [-0.2, 0) is 6.54 Å². The summed E-state index contributed by atoms with van der Waals surface area (Å²) in [5.41, 5.74) is 5.58. The molecule has 1 aromatic rings. The number of rotatable bonds is 3. The molecule has 0 bridgehead atoms. The largest absolute Gasteiger partial charge is 0.381 e. The van der Waals surface area contributed by atoms with E-state index in [2.05, 4.69) is 14.9 Å². The fourth-order valence-corrected chi connectivity index (χ4v) is 1.70. The van der Waals surface area contributed by atoms with Crippen LogP contribution < -0.4 is 11.1 Å². The van der Waals surface area contributed by atoms with Crippen molar-refractivity contribution in [1.29, 1.82) is 0 Å². The lowest BCUT2D eigenvalue weighted by molar-refractivity contribution is 0.339. The quantitative estimate of drug-likeness (QED) is 0.728. The van der Waals surface area contributed by atoms with Crippen molar-refractivity contribution in [1.82, 2.24) is 14.9 Å². The Hall–Kier alpha value is -0.680. The molecule has 2 rings (SSSR count). The molecule has 66 valence electrons. The molecule has 1 aliphatic rings. The summed E-state index contributed by atoms with van der Waals surface area (Å²) in [5.74, 6) is 0.576. The van der Waals surface area contributed by atoms with Crippen molar-refractivity contribution < 1.29 is 0 Å². The molecule has 0 amide bonds. The summed E-state index contributed by atoms with van der Waals surface area (Å²) in [7, 11) is 0. The van der Waals surface area contributed by atoms with Crippen LogP contribution in [0, 0.1) is 0 Å². The van der Waals surface area contributed by atoms with Gasteiger partial charge in [-0.25, -0.2) is 0 Å². The fraction of sp³-hybridized carbons (Fsp3) is 0.714. The first-order valence-electron chi connectivity index (χ1n) is 4.16. The summed E-state index contributed by atoms with van der Waals surface area (Å²) >= 11 is 1.38. The lowest BCUT2D eigenvalue weighted by Crippen LogP contribution is -2.34. The SMILES string of the molecule is Nc1nnsc1CNC1CCC1. The predicted molar refractivity (Wildman–Crippen MR) is 48.8 cm³/mol. The average molecular weight is 184 g/mol. The van der Waals surface area contributed by atoms with E-state index < -0.39 is 0 Å². The molecule has 1 aliphatic carbocycles.